The van der Waals surface area contributed by atoms with E-state index in [9.17, 15) is 14.6 Å². The summed E-state index contributed by atoms with van der Waals surface area (Å²) >= 11 is 24.4. The molecular weight excluding hydrogens is 1060 g/mol. The molecule has 4 heterocycles. The van der Waals surface area contributed by atoms with Gasteiger partial charge < -0.3 is 25.8 Å². The molecule has 4 aliphatic rings. The first kappa shape index (κ1) is 54.2. The minimum Gasteiger partial charge on any atom is -0.437 e. The molecule has 4 N–H and O–H groups in total. The Morgan fingerprint density at radius 2 is 1.22 bits per heavy atom. The quantitative estimate of drug-likeness (QED) is 0.0721. The minimum atomic E-state index is -0.621. The van der Waals surface area contributed by atoms with E-state index >= 15 is 0 Å². The number of halogens is 4. The zero-order chi connectivity index (χ0) is 49.4. The van der Waals surface area contributed by atoms with Gasteiger partial charge in [-0.3, -0.25) is 29.4 Å². The topological polar surface area (TPSA) is 131 Å². The highest BCUT2D eigenvalue weighted by Crippen LogP contribution is 2.41. The maximum absolute atomic E-state index is 13.4. The number of nitrogens with zero attached hydrogens (tertiary/aromatic N) is 6. The van der Waals surface area contributed by atoms with E-state index in [-0.39, 0.29) is 48.4 Å². The molecule has 2 aromatic carbocycles. The molecule has 5 unspecified atom stereocenters. The summed E-state index contributed by atoms with van der Waals surface area (Å²) in [6.07, 6.45) is 13.9. The summed E-state index contributed by atoms with van der Waals surface area (Å²) in [6.45, 7) is 13.3. The lowest BCUT2D eigenvalue weighted by atomic mass is 9.88. The van der Waals surface area contributed by atoms with Gasteiger partial charge in [-0.25, -0.2) is 0 Å². The average molecular weight is 1130 g/mol. The number of carbonyl (C=O) groups is 2. The number of amides is 2. The van der Waals surface area contributed by atoms with Crippen molar-refractivity contribution in [3.05, 3.63) is 125 Å². The fourth-order valence-electron chi connectivity index (χ4n) is 10.8. The van der Waals surface area contributed by atoms with Gasteiger partial charge in [0.2, 0.25) is 11.8 Å². The van der Waals surface area contributed by atoms with E-state index in [1.165, 1.54) is 33.4 Å². The molecule has 17 heteroatoms. The molecule has 4 aromatic rings. The summed E-state index contributed by atoms with van der Waals surface area (Å²) in [5.74, 6) is 0.0345. The van der Waals surface area contributed by atoms with Crippen LogP contribution in [0.4, 0.5) is 0 Å². The number of unbranched alkanes of at least 4 members (excludes halogenated alkanes) is 2. The lowest BCUT2D eigenvalue weighted by molar-refractivity contribution is -0.140. The molecule has 372 valence electrons. The van der Waals surface area contributed by atoms with Crippen LogP contribution in [0.2, 0.25) is 16.9 Å². The largest absolute Gasteiger partial charge is 0.437 e. The van der Waals surface area contributed by atoms with Crippen molar-refractivity contribution in [3.63, 3.8) is 0 Å². The molecule has 0 saturated carbocycles. The van der Waals surface area contributed by atoms with Crippen molar-refractivity contribution >= 4 is 86.6 Å². The summed E-state index contributed by atoms with van der Waals surface area (Å²) in [7, 11) is -0.621. The number of hydrogen-bond acceptors (Lipinski definition) is 10. The summed E-state index contributed by atoms with van der Waals surface area (Å²) in [5, 5.41) is 13.7. The van der Waals surface area contributed by atoms with Gasteiger partial charge in [-0.2, -0.15) is 12.6 Å². The van der Waals surface area contributed by atoms with Crippen molar-refractivity contribution in [2.45, 2.75) is 121 Å². The zero-order valence-corrected chi connectivity index (χ0v) is 46.1. The molecule has 0 bridgehead atoms. The molecule has 69 heavy (non-hydrogen) atoms. The Kier molecular flexibility index (Phi) is 20.0. The van der Waals surface area contributed by atoms with Crippen LogP contribution in [0, 0.1) is 5.92 Å². The lowest BCUT2D eigenvalue weighted by Gasteiger charge is -2.45. The smallest absolute Gasteiger partial charge is 0.373 e. The molecule has 2 fully saturated rings. The van der Waals surface area contributed by atoms with Crippen LogP contribution in [0.3, 0.4) is 0 Å². The number of hydrogen-bond donors (Lipinski definition) is 4. The molecule has 2 amide bonds. The molecule has 2 aliphatic heterocycles. The standard InChI is InChI=1S/C27H37BBrClN4O2.C25H32BrClN4OS/c1-4-5-6-23-17-33(11-12-34(23)27(35)18(2)15-32-28(3)36)26-24-10-9-22(30)14-19(24)7-8-20-13-21(29)16-31-25(20)26;1-2-3-4-20-15-30(9-10-31(20)25(32)22(33)13-28)24-21-8-7-19(27)12-16(21)5-6-17-11-18(26)14-29-23(17)24/h9-10,13-14,16,18,23,26,32,36H,4-8,11-12,15,17H2,1-3H3;7-8,11-12,14,20,22,24,33H,2-6,9-10,13,15,28H2,1H3/t18-,23?,26?;/m0./s1. The van der Waals surface area contributed by atoms with Gasteiger partial charge in [0.05, 0.1) is 28.7 Å². The molecule has 2 aromatic heterocycles. The lowest BCUT2D eigenvalue weighted by Crippen LogP contribution is -2.58. The number of carbonyl (C=O) groups excluding carboxylic acids is 2. The number of nitrogens with one attached hydrogen (secondary N) is 1. The van der Waals surface area contributed by atoms with Crippen LogP contribution in [-0.4, -0.2) is 123 Å². The third-order valence-corrected chi connectivity index (χ3v) is 16.1. The van der Waals surface area contributed by atoms with Crippen LogP contribution in [0.25, 0.3) is 0 Å². The second kappa shape index (κ2) is 25.4. The zero-order valence-electron chi connectivity index (χ0n) is 40.5. The molecule has 6 atom stereocenters. The molecular formula is C52H69BBr2Cl2N8O3S. The molecule has 8 rings (SSSR count). The van der Waals surface area contributed by atoms with Crippen molar-refractivity contribution < 1.29 is 14.6 Å². The Bertz CT molecular complexity index is 2300. The van der Waals surface area contributed by atoms with E-state index in [0.717, 1.165) is 121 Å². The number of pyridine rings is 2. The number of rotatable bonds is 14. The molecule has 0 spiro atoms. The number of nitrogens with two attached hydrogens (primary N) is 1. The van der Waals surface area contributed by atoms with E-state index in [0.29, 0.717) is 19.6 Å². The van der Waals surface area contributed by atoms with Gasteiger partial charge in [0.15, 0.2) is 0 Å². The van der Waals surface area contributed by atoms with Gasteiger partial charge in [0.1, 0.15) is 0 Å². The predicted octanol–water partition coefficient (Wildman–Crippen LogP) is 9.37. The first-order valence-corrected chi connectivity index (χ1v) is 27.8. The summed E-state index contributed by atoms with van der Waals surface area (Å²) in [6, 6.07) is 17.3. The van der Waals surface area contributed by atoms with Crippen LogP contribution in [0.5, 0.6) is 0 Å². The van der Waals surface area contributed by atoms with Crippen molar-refractivity contribution in [2.24, 2.45) is 11.7 Å². The number of fused-ring (bicyclic) bond motifs is 4. The Morgan fingerprint density at radius 1 is 0.768 bits per heavy atom. The van der Waals surface area contributed by atoms with Crippen molar-refractivity contribution in [1.29, 1.82) is 0 Å². The SMILES string of the molecule is CCCCC1CN(C2c3ccc(Cl)cc3CCc3cc(Br)cnc32)CCN1C(=O)C(S)CN.CCCCC1CN(C2c3ccc(Cl)cc3CCc3cc(Br)cnc32)CCN1C(=O)[C@@H](C)CNB(C)O. The Labute approximate surface area is 442 Å². The van der Waals surface area contributed by atoms with Gasteiger partial charge in [0, 0.05) is 95.2 Å². The highest BCUT2D eigenvalue weighted by molar-refractivity contribution is 9.10. The maximum Gasteiger partial charge on any atom is 0.373 e. The number of piperazine rings is 2. The third-order valence-electron chi connectivity index (χ3n) is 14.3. The molecule has 0 radical (unpaired) electrons. The number of aryl methyl sites for hydroxylation is 4. The van der Waals surface area contributed by atoms with E-state index in [4.69, 9.17) is 38.9 Å². The first-order valence-electron chi connectivity index (χ1n) is 24.9. The monoisotopic (exact) mass is 1120 g/mol. The van der Waals surface area contributed by atoms with Gasteiger partial charge in [-0.05, 0) is 154 Å². The Morgan fingerprint density at radius 3 is 1.65 bits per heavy atom. The van der Waals surface area contributed by atoms with Crippen molar-refractivity contribution in [1.82, 2.24) is 34.8 Å². The van der Waals surface area contributed by atoms with Crippen LogP contribution in [-0.2, 0) is 35.3 Å². The maximum atomic E-state index is 13.4. The van der Waals surface area contributed by atoms with Crippen molar-refractivity contribution in [2.75, 3.05) is 52.4 Å². The van der Waals surface area contributed by atoms with Gasteiger partial charge >= 0.3 is 7.05 Å². The normalized spacial score (nSPS) is 21.3. The van der Waals surface area contributed by atoms with Crippen LogP contribution >= 0.6 is 67.7 Å². The molecule has 2 saturated heterocycles. The summed E-state index contributed by atoms with van der Waals surface area (Å²) < 4.78 is 2.00. The second-order valence-corrected chi connectivity index (χ2v) is 22.6. The summed E-state index contributed by atoms with van der Waals surface area (Å²) in [5.41, 5.74) is 15.6. The van der Waals surface area contributed by atoms with Crippen molar-refractivity contribution in [3.8, 4) is 0 Å². The van der Waals surface area contributed by atoms with Crippen LogP contribution < -0.4 is 11.0 Å². The van der Waals surface area contributed by atoms with Gasteiger partial charge in [-0.1, -0.05) is 81.8 Å². The average Bonchev–Trinajstić information content (AvgIpc) is 3.60. The van der Waals surface area contributed by atoms with E-state index in [1.807, 2.05) is 36.4 Å². The van der Waals surface area contributed by atoms with E-state index in [2.05, 4.69) is 115 Å². The number of benzene rings is 2. The number of thiol groups is 1. The highest BCUT2D eigenvalue weighted by atomic mass is 79.9. The van der Waals surface area contributed by atoms with E-state index < -0.39 is 12.3 Å². The minimum absolute atomic E-state index is 0.0403. The van der Waals surface area contributed by atoms with Crippen LogP contribution in [0.1, 0.15) is 116 Å². The fourth-order valence-corrected chi connectivity index (χ4v) is 12.1. The Balaban J connectivity index is 0.000000205. The van der Waals surface area contributed by atoms with Crippen LogP contribution in [0.15, 0.2) is 69.9 Å². The fraction of sp³-hybridized carbons (Fsp3) is 0.538. The highest BCUT2D eigenvalue weighted by Gasteiger charge is 2.40. The van der Waals surface area contributed by atoms with Gasteiger partial charge in [-0.15, -0.1) is 0 Å². The van der Waals surface area contributed by atoms with E-state index in [1.54, 1.807) is 6.82 Å². The predicted molar refractivity (Wildman–Crippen MR) is 291 cm³/mol. The Hall–Kier alpha value is -2.57. The number of aromatic nitrogens is 2. The summed E-state index contributed by atoms with van der Waals surface area (Å²) in [4.78, 5) is 45.5. The third kappa shape index (κ3) is 13.4. The first-order chi connectivity index (χ1) is 33.2. The second-order valence-electron chi connectivity index (χ2n) is 19.3. The van der Waals surface area contributed by atoms with Gasteiger partial charge in [0.25, 0.3) is 0 Å². The molecule has 2 aliphatic carbocycles. The molecule has 11 nitrogen and oxygen atoms in total.